The van der Waals surface area contributed by atoms with E-state index < -0.39 is 6.03 Å². The summed E-state index contributed by atoms with van der Waals surface area (Å²) in [5.74, 6) is 0.0456. The van der Waals surface area contributed by atoms with Crippen LogP contribution in [-0.2, 0) is 0 Å². The summed E-state index contributed by atoms with van der Waals surface area (Å²) in [5, 5.41) is 14.2. The van der Waals surface area contributed by atoms with Crippen molar-refractivity contribution in [3.8, 4) is 5.75 Å². The third-order valence-electron chi connectivity index (χ3n) is 1.63. The van der Waals surface area contributed by atoms with Crippen molar-refractivity contribution in [2.24, 2.45) is 0 Å². The Kier molecular flexibility index (Phi) is 3.12. The van der Waals surface area contributed by atoms with Crippen molar-refractivity contribution in [1.82, 2.24) is 5.32 Å². The first-order valence-corrected chi connectivity index (χ1v) is 4.11. The molecule has 0 bridgehead atoms. The number of benzene rings is 1. The van der Waals surface area contributed by atoms with Gasteiger partial charge in [-0.3, -0.25) is 0 Å². The van der Waals surface area contributed by atoms with Gasteiger partial charge in [-0.05, 0) is 30.8 Å². The molecule has 0 aromatic heterocycles. The zero-order chi connectivity index (χ0) is 10.6. The molecule has 2 amide bonds. The molecule has 4 nitrogen and oxygen atoms in total. The third kappa shape index (κ3) is 2.52. The Morgan fingerprint density at radius 1 is 1.57 bits per heavy atom. The van der Waals surface area contributed by atoms with E-state index in [1.807, 2.05) is 6.92 Å². The molecular weight excluding hydrogens is 180 g/mol. The number of anilines is 1. The molecule has 1 aromatic carbocycles. The normalized spacial score (nSPS) is 9.21. The number of urea groups is 1. The van der Waals surface area contributed by atoms with Crippen molar-refractivity contribution in [1.29, 1.82) is 0 Å². The Morgan fingerprint density at radius 3 is 2.86 bits per heavy atom. The minimum absolute atomic E-state index is 0.0456. The Morgan fingerprint density at radius 2 is 2.29 bits per heavy atom. The standard InChI is InChI=1S/C10H12N2O2/c1-3-11-10(14)12-8-5-4-7(2)6-9(8)13/h3-6,13H,1H2,2H3,(H2,11,12,14). The number of aryl methyl sites for hydroxylation is 1. The molecule has 0 fully saturated rings. The average molecular weight is 192 g/mol. The van der Waals surface area contributed by atoms with Crippen molar-refractivity contribution in [3.63, 3.8) is 0 Å². The highest BCUT2D eigenvalue weighted by Gasteiger charge is 2.03. The number of rotatable bonds is 2. The first-order chi connectivity index (χ1) is 6.63. The summed E-state index contributed by atoms with van der Waals surface area (Å²) in [7, 11) is 0. The van der Waals surface area contributed by atoms with Crippen LogP contribution in [0.3, 0.4) is 0 Å². The number of hydrogen-bond donors (Lipinski definition) is 3. The van der Waals surface area contributed by atoms with E-state index in [0.717, 1.165) is 5.56 Å². The smallest absolute Gasteiger partial charge is 0.323 e. The molecule has 0 aliphatic carbocycles. The second-order valence-electron chi connectivity index (χ2n) is 2.82. The number of hydrogen-bond acceptors (Lipinski definition) is 2. The minimum Gasteiger partial charge on any atom is -0.506 e. The molecular formula is C10H12N2O2. The summed E-state index contributed by atoms with van der Waals surface area (Å²) in [6.07, 6.45) is 1.26. The Labute approximate surface area is 82.3 Å². The van der Waals surface area contributed by atoms with Crippen molar-refractivity contribution >= 4 is 11.7 Å². The first-order valence-electron chi connectivity index (χ1n) is 4.11. The van der Waals surface area contributed by atoms with Gasteiger partial charge in [-0.25, -0.2) is 4.79 Å². The van der Waals surface area contributed by atoms with Gasteiger partial charge in [-0.15, -0.1) is 0 Å². The molecule has 0 atom stereocenters. The van der Waals surface area contributed by atoms with E-state index in [0.29, 0.717) is 5.69 Å². The maximum absolute atomic E-state index is 11.0. The summed E-state index contributed by atoms with van der Waals surface area (Å²) < 4.78 is 0. The van der Waals surface area contributed by atoms with Crippen molar-refractivity contribution in [3.05, 3.63) is 36.5 Å². The second-order valence-corrected chi connectivity index (χ2v) is 2.82. The Hall–Kier alpha value is -1.97. The molecule has 0 saturated heterocycles. The minimum atomic E-state index is -0.431. The zero-order valence-electron chi connectivity index (χ0n) is 7.87. The quantitative estimate of drug-likeness (QED) is 0.627. The zero-order valence-corrected chi connectivity index (χ0v) is 7.87. The summed E-state index contributed by atoms with van der Waals surface area (Å²) in [6, 6.07) is 4.57. The second kappa shape index (κ2) is 4.32. The van der Waals surface area contributed by atoms with E-state index in [9.17, 15) is 9.90 Å². The Balaban J connectivity index is 2.76. The number of amides is 2. The fourth-order valence-corrected chi connectivity index (χ4v) is 0.998. The predicted octanol–water partition coefficient (Wildman–Crippen LogP) is 1.97. The van der Waals surface area contributed by atoms with Gasteiger partial charge >= 0.3 is 6.03 Å². The summed E-state index contributed by atoms with van der Waals surface area (Å²) in [6.45, 7) is 5.20. The van der Waals surface area contributed by atoms with Crippen LogP contribution in [0.5, 0.6) is 5.75 Å². The molecule has 0 aliphatic heterocycles. The summed E-state index contributed by atoms with van der Waals surface area (Å²) in [4.78, 5) is 11.0. The van der Waals surface area contributed by atoms with Gasteiger partial charge in [0.25, 0.3) is 0 Å². The highest BCUT2D eigenvalue weighted by Crippen LogP contribution is 2.23. The topological polar surface area (TPSA) is 61.4 Å². The number of nitrogens with one attached hydrogen (secondary N) is 2. The molecule has 0 radical (unpaired) electrons. The molecule has 0 saturated carbocycles. The molecule has 1 aromatic rings. The predicted molar refractivity (Wildman–Crippen MR) is 55.2 cm³/mol. The van der Waals surface area contributed by atoms with Gasteiger partial charge in [0.1, 0.15) is 5.75 Å². The largest absolute Gasteiger partial charge is 0.506 e. The van der Waals surface area contributed by atoms with Crippen LogP contribution in [0.2, 0.25) is 0 Å². The van der Waals surface area contributed by atoms with Crippen LogP contribution in [0.15, 0.2) is 31.0 Å². The van der Waals surface area contributed by atoms with E-state index in [-0.39, 0.29) is 5.75 Å². The van der Waals surface area contributed by atoms with E-state index >= 15 is 0 Å². The number of carbonyl (C=O) groups excluding carboxylic acids is 1. The van der Waals surface area contributed by atoms with Gasteiger partial charge in [0.2, 0.25) is 0 Å². The van der Waals surface area contributed by atoms with Crippen molar-refractivity contribution in [2.45, 2.75) is 6.92 Å². The van der Waals surface area contributed by atoms with Gasteiger partial charge < -0.3 is 15.7 Å². The number of phenolic OH excluding ortho intramolecular Hbond substituents is 1. The van der Waals surface area contributed by atoms with Crippen LogP contribution in [-0.4, -0.2) is 11.1 Å². The van der Waals surface area contributed by atoms with Gasteiger partial charge in [0.15, 0.2) is 0 Å². The van der Waals surface area contributed by atoms with Crippen LogP contribution in [0.4, 0.5) is 10.5 Å². The first kappa shape index (κ1) is 10.1. The highest BCUT2D eigenvalue weighted by molar-refractivity contribution is 5.91. The molecule has 14 heavy (non-hydrogen) atoms. The Bertz CT molecular complexity index is 361. The van der Waals surface area contributed by atoms with Gasteiger partial charge in [-0.1, -0.05) is 12.6 Å². The summed E-state index contributed by atoms with van der Waals surface area (Å²) in [5.41, 5.74) is 1.30. The molecule has 0 spiro atoms. The molecule has 0 heterocycles. The van der Waals surface area contributed by atoms with E-state index in [2.05, 4.69) is 17.2 Å². The molecule has 0 aliphatic rings. The monoisotopic (exact) mass is 192 g/mol. The van der Waals surface area contributed by atoms with Crippen LogP contribution in [0.1, 0.15) is 5.56 Å². The molecule has 4 heteroatoms. The lowest BCUT2D eigenvalue weighted by atomic mass is 10.2. The molecule has 3 N–H and O–H groups in total. The SMILES string of the molecule is C=CNC(=O)Nc1ccc(C)cc1O. The van der Waals surface area contributed by atoms with Crippen LogP contribution >= 0.6 is 0 Å². The highest BCUT2D eigenvalue weighted by atomic mass is 16.3. The lowest BCUT2D eigenvalue weighted by Gasteiger charge is -2.06. The maximum atomic E-state index is 11.0. The van der Waals surface area contributed by atoms with E-state index in [4.69, 9.17) is 0 Å². The van der Waals surface area contributed by atoms with Crippen LogP contribution in [0.25, 0.3) is 0 Å². The number of carbonyl (C=O) groups is 1. The maximum Gasteiger partial charge on any atom is 0.323 e. The number of aromatic hydroxyl groups is 1. The summed E-state index contributed by atoms with van der Waals surface area (Å²) >= 11 is 0. The fraction of sp³-hybridized carbons (Fsp3) is 0.100. The van der Waals surface area contributed by atoms with Gasteiger partial charge in [0, 0.05) is 0 Å². The van der Waals surface area contributed by atoms with E-state index in [1.54, 1.807) is 18.2 Å². The number of phenols is 1. The third-order valence-corrected chi connectivity index (χ3v) is 1.63. The van der Waals surface area contributed by atoms with Crippen LogP contribution < -0.4 is 10.6 Å². The molecule has 74 valence electrons. The lowest BCUT2D eigenvalue weighted by Crippen LogP contribution is -2.23. The lowest BCUT2D eigenvalue weighted by molar-refractivity contribution is 0.255. The molecule has 0 unspecified atom stereocenters. The fourth-order valence-electron chi connectivity index (χ4n) is 0.998. The molecule has 1 rings (SSSR count). The van der Waals surface area contributed by atoms with E-state index in [1.165, 1.54) is 6.20 Å². The van der Waals surface area contributed by atoms with Crippen molar-refractivity contribution in [2.75, 3.05) is 5.32 Å². The van der Waals surface area contributed by atoms with Gasteiger partial charge in [-0.2, -0.15) is 0 Å². The average Bonchev–Trinajstić information content (AvgIpc) is 2.10. The van der Waals surface area contributed by atoms with Crippen LogP contribution in [0, 0.1) is 6.92 Å². The van der Waals surface area contributed by atoms with Gasteiger partial charge in [0.05, 0.1) is 5.69 Å². The van der Waals surface area contributed by atoms with Crippen molar-refractivity contribution < 1.29 is 9.90 Å².